The van der Waals surface area contributed by atoms with Gasteiger partial charge in [-0.2, -0.15) is 0 Å². The van der Waals surface area contributed by atoms with E-state index in [9.17, 15) is 9.59 Å². The van der Waals surface area contributed by atoms with E-state index in [2.05, 4.69) is 5.32 Å². The fraction of sp³-hybridized carbons (Fsp3) is 0.818. The Bertz CT molecular complexity index is 263. The number of carbonyl (C=O) groups excluding carboxylic acids is 2. The lowest BCUT2D eigenvalue weighted by molar-refractivity contribution is -0.128. The summed E-state index contributed by atoms with van der Waals surface area (Å²) in [5.41, 5.74) is 0. The highest BCUT2D eigenvalue weighted by Gasteiger charge is 2.40. The number of imide groups is 1. The quantitative estimate of drug-likeness (QED) is 0.720. The predicted octanol–water partition coefficient (Wildman–Crippen LogP) is 1.61. The van der Waals surface area contributed by atoms with Crippen LogP contribution in [-0.2, 0) is 4.79 Å². The van der Waals surface area contributed by atoms with Gasteiger partial charge in [0.2, 0.25) is 0 Å². The van der Waals surface area contributed by atoms with Crippen LogP contribution in [0.4, 0.5) is 4.79 Å². The van der Waals surface area contributed by atoms with E-state index in [0.717, 1.165) is 6.42 Å². The summed E-state index contributed by atoms with van der Waals surface area (Å²) in [5.74, 6) is 0.456. The number of carbonyl (C=O) groups is 2. The Morgan fingerprint density at radius 2 is 1.93 bits per heavy atom. The molecule has 4 nitrogen and oxygen atoms in total. The molecule has 3 amide bonds. The molecule has 0 aliphatic carbocycles. The molecule has 4 heteroatoms. The molecular weight excluding hydrogens is 192 g/mol. The fourth-order valence-corrected chi connectivity index (χ4v) is 1.70. The summed E-state index contributed by atoms with van der Waals surface area (Å²) in [6.45, 7) is 8.52. The maximum atomic E-state index is 11.9. The molecule has 0 bridgehead atoms. The average molecular weight is 212 g/mol. The molecule has 2 atom stereocenters. The van der Waals surface area contributed by atoms with Gasteiger partial charge in [0, 0.05) is 6.54 Å². The van der Waals surface area contributed by atoms with E-state index in [1.54, 1.807) is 0 Å². The van der Waals surface area contributed by atoms with Crippen molar-refractivity contribution >= 4 is 11.9 Å². The molecular formula is C11H20N2O2. The molecule has 0 saturated carbocycles. The topological polar surface area (TPSA) is 49.4 Å². The van der Waals surface area contributed by atoms with Gasteiger partial charge in [-0.25, -0.2) is 4.79 Å². The highest BCUT2D eigenvalue weighted by molar-refractivity contribution is 6.04. The number of urea groups is 1. The second-order valence-electron chi connectivity index (χ2n) is 4.66. The third-order valence-electron chi connectivity index (χ3n) is 2.82. The number of hydrogen-bond acceptors (Lipinski definition) is 2. The van der Waals surface area contributed by atoms with Crippen LogP contribution < -0.4 is 5.32 Å². The van der Waals surface area contributed by atoms with Gasteiger partial charge in [-0.1, -0.05) is 34.1 Å². The first-order valence-corrected chi connectivity index (χ1v) is 5.59. The van der Waals surface area contributed by atoms with Gasteiger partial charge in [-0.15, -0.1) is 0 Å². The van der Waals surface area contributed by atoms with E-state index in [4.69, 9.17) is 0 Å². The van der Waals surface area contributed by atoms with Crippen LogP contribution in [0, 0.1) is 11.8 Å². The Morgan fingerprint density at radius 3 is 2.40 bits per heavy atom. The zero-order valence-corrected chi connectivity index (χ0v) is 9.91. The van der Waals surface area contributed by atoms with Crippen molar-refractivity contribution in [2.24, 2.45) is 11.8 Å². The second-order valence-corrected chi connectivity index (χ2v) is 4.66. The van der Waals surface area contributed by atoms with Crippen LogP contribution in [0.1, 0.15) is 34.1 Å². The van der Waals surface area contributed by atoms with Gasteiger partial charge in [0.15, 0.2) is 0 Å². The van der Waals surface area contributed by atoms with Gasteiger partial charge in [-0.05, 0) is 11.8 Å². The minimum Gasteiger partial charge on any atom is -0.326 e. The van der Waals surface area contributed by atoms with Gasteiger partial charge in [0.1, 0.15) is 6.04 Å². The number of nitrogens with zero attached hydrogens (tertiary/aromatic N) is 1. The first-order valence-electron chi connectivity index (χ1n) is 5.59. The number of nitrogens with one attached hydrogen (secondary N) is 1. The molecule has 1 aliphatic rings. The van der Waals surface area contributed by atoms with Gasteiger partial charge in [0.25, 0.3) is 5.91 Å². The Balaban J connectivity index is 2.70. The molecule has 15 heavy (non-hydrogen) atoms. The van der Waals surface area contributed by atoms with Crippen LogP contribution in [0.5, 0.6) is 0 Å². The summed E-state index contributed by atoms with van der Waals surface area (Å²) in [4.78, 5) is 24.8. The van der Waals surface area contributed by atoms with E-state index in [0.29, 0.717) is 12.5 Å². The van der Waals surface area contributed by atoms with Crippen molar-refractivity contribution in [1.82, 2.24) is 10.2 Å². The van der Waals surface area contributed by atoms with Gasteiger partial charge >= 0.3 is 6.03 Å². The van der Waals surface area contributed by atoms with Crippen LogP contribution >= 0.6 is 0 Å². The standard InChI is InChI=1S/C11H20N2O2/c1-5-8(4)9-10(14)13(6-7(2)3)11(15)12-9/h7-9H,5-6H2,1-4H3,(H,12,15). The molecule has 1 rings (SSSR count). The summed E-state index contributed by atoms with van der Waals surface area (Å²) < 4.78 is 0. The molecule has 1 saturated heterocycles. The fourth-order valence-electron chi connectivity index (χ4n) is 1.70. The number of rotatable bonds is 4. The van der Waals surface area contributed by atoms with E-state index in [1.165, 1.54) is 4.90 Å². The monoisotopic (exact) mass is 212 g/mol. The second kappa shape index (κ2) is 4.64. The highest BCUT2D eigenvalue weighted by Crippen LogP contribution is 2.17. The van der Waals surface area contributed by atoms with Crippen molar-refractivity contribution in [1.29, 1.82) is 0 Å². The van der Waals surface area contributed by atoms with Gasteiger partial charge < -0.3 is 5.32 Å². The molecule has 0 spiro atoms. The third kappa shape index (κ3) is 2.49. The molecule has 1 aliphatic heterocycles. The SMILES string of the molecule is CCC(C)C1NC(=O)N(CC(C)C)C1=O. The smallest absolute Gasteiger partial charge is 0.324 e. The van der Waals surface area contributed by atoms with Crippen LogP contribution in [0.3, 0.4) is 0 Å². The van der Waals surface area contributed by atoms with E-state index < -0.39 is 0 Å². The lowest BCUT2D eigenvalue weighted by Gasteiger charge is -2.17. The van der Waals surface area contributed by atoms with Crippen molar-refractivity contribution in [2.45, 2.75) is 40.2 Å². The zero-order valence-electron chi connectivity index (χ0n) is 9.91. The van der Waals surface area contributed by atoms with Crippen LogP contribution in [0.15, 0.2) is 0 Å². The number of hydrogen-bond donors (Lipinski definition) is 1. The molecule has 0 aromatic heterocycles. The van der Waals surface area contributed by atoms with E-state index in [1.807, 2.05) is 27.7 Å². The molecule has 2 unspecified atom stereocenters. The maximum Gasteiger partial charge on any atom is 0.324 e. The molecule has 1 fully saturated rings. The Kier molecular flexibility index (Phi) is 3.72. The average Bonchev–Trinajstić information content (AvgIpc) is 2.44. The van der Waals surface area contributed by atoms with Crippen molar-refractivity contribution in [2.75, 3.05) is 6.54 Å². The minimum absolute atomic E-state index is 0.0666. The summed E-state index contributed by atoms with van der Waals surface area (Å²) in [5, 5.41) is 2.75. The zero-order chi connectivity index (χ0) is 11.6. The molecule has 86 valence electrons. The maximum absolute atomic E-state index is 11.9. The largest absolute Gasteiger partial charge is 0.326 e. The summed E-state index contributed by atoms with van der Waals surface area (Å²) in [6, 6.07) is -0.555. The van der Waals surface area contributed by atoms with Crippen LogP contribution in [0.2, 0.25) is 0 Å². The molecule has 0 aromatic carbocycles. The van der Waals surface area contributed by atoms with E-state index >= 15 is 0 Å². The molecule has 0 aromatic rings. The van der Waals surface area contributed by atoms with Crippen molar-refractivity contribution < 1.29 is 9.59 Å². The first-order chi connectivity index (χ1) is 6.97. The van der Waals surface area contributed by atoms with Crippen LogP contribution in [-0.4, -0.2) is 29.4 Å². The summed E-state index contributed by atoms with van der Waals surface area (Å²) in [6.07, 6.45) is 0.895. The molecule has 1 N–H and O–H groups in total. The highest BCUT2D eigenvalue weighted by atomic mass is 16.2. The Labute approximate surface area is 91.0 Å². The third-order valence-corrected chi connectivity index (χ3v) is 2.82. The predicted molar refractivity (Wildman–Crippen MR) is 58.3 cm³/mol. The van der Waals surface area contributed by atoms with Crippen molar-refractivity contribution in [3.63, 3.8) is 0 Å². The normalized spacial score (nSPS) is 23.5. The molecule has 1 heterocycles. The van der Waals surface area contributed by atoms with Gasteiger partial charge in [0.05, 0.1) is 0 Å². The van der Waals surface area contributed by atoms with Gasteiger partial charge in [-0.3, -0.25) is 9.69 Å². The lowest BCUT2D eigenvalue weighted by Crippen LogP contribution is -2.36. The first kappa shape index (κ1) is 12.0. The van der Waals surface area contributed by atoms with E-state index in [-0.39, 0.29) is 23.9 Å². The molecule has 0 radical (unpaired) electrons. The lowest BCUT2D eigenvalue weighted by atomic mass is 9.99. The van der Waals surface area contributed by atoms with Crippen molar-refractivity contribution in [3.8, 4) is 0 Å². The summed E-state index contributed by atoms with van der Waals surface area (Å²) >= 11 is 0. The van der Waals surface area contributed by atoms with Crippen molar-refractivity contribution in [3.05, 3.63) is 0 Å². The van der Waals surface area contributed by atoms with Crippen LogP contribution in [0.25, 0.3) is 0 Å². The Hall–Kier alpha value is -1.06. The Morgan fingerprint density at radius 1 is 1.33 bits per heavy atom. The minimum atomic E-state index is -0.318. The summed E-state index contributed by atoms with van der Waals surface area (Å²) in [7, 11) is 0. The number of amides is 3.